The topological polar surface area (TPSA) is 158 Å². The van der Waals surface area contributed by atoms with Crippen LogP contribution in [0.2, 0.25) is 0 Å². The van der Waals surface area contributed by atoms with Crippen LogP contribution in [-0.2, 0) is 17.1 Å². The van der Waals surface area contributed by atoms with Crippen molar-refractivity contribution in [1.29, 1.82) is 0 Å². The number of hydrogen-bond donors (Lipinski definition) is 2. The van der Waals surface area contributed by atoms with Gasteiger partial charge in [0, 0.05) is 17.1 Å². The average molecular weight is 208 g/mol. The molecule has 0 aromatic rings. The zero-order valence-electron chi connectivity index (χ0n) is 4.22. The standard InChI is InChI=1S/Cu.2HNO3.H2O/c;2*2-1(3)4;/h;2*(H,2,3,4);1H2. The summed E-state index contributed by atoms with van der Waals surface area (Å²) < 4.78 is 0. The van der Waals surface area contributed by atoms with Gasteiger partial charge in [0.05, 0.1) is 0 Å². The summed E-state index contributed by atoms with van der Waals surface area (Å²) in [6.45, 7) is 0. The van der Waals surface area contributed by atoms with E-state index in [0.717, 1.165) is 0 Å². The second-order valence-electron chi connectivity index (χ2n) is 0.476. The van der Waals surface area contributed by atoms with Crippen molar-refractivity contribution < 1.29 is 43.1 Å². The van der Waals surface area contributed by atoms with Crippen LogP contribution < -0.4 is 0 Å². The van der Waals surface area contributed by atoms with Gasteiger partial charge in [0.2, 0.25) is 0 Å². The van der Waals surface area contributed by atoms with Crippen LogP contribution in [0.4, 0.5) is 0 Å². The Morgan fingerprint density at radius 3 is 1.00 bits per heavy atom. The van der Waals surface area contributed by atoms with Crippen molar-refractivity contribution in [2.24, 2.45) is 0 Å². The molecule has 9 nitrogen and oxygen atoms in total. The minimum absolute atomic E-state index is 0. The third kappa shape index (κ3) is 189. The van der Waals surface area contributed by atoms with Crippen molar-refractivity contribution in [3.05, 3.63) is 20.2 Å². The fourth-order valence-electron chi connectivity index (χ4n) is 0. The molecule has 0 saturated carbocycles. The Balaban J connectivity index is -0.0000000300. The molecule has 0 spiro atoms. The van der Waals surface area contributed by atoms with E-state index in [1.165, 1.54) is 0 Å². The van der Waals surface area contributed by atoms with Crippen LogP contribution in [0.15, 0.2) is 0 Å². The first kappa shape index (κ1) is 23.2. The van der Waals surface area contributed by atoms with E-state index >= 15 is 0 Å². The summed E-state index contributed by atoms with van der Waals surface area (Å²) >= 11 is 0. The predicted octanol–water partition coefficient (Wildman–Crippen LogP) is -1.52. The summed E-state index contributed by atoms with van der Waals surface area (Å²) in [7, 11) is 0. The van der Waals surface area contributed by atoms with Crippen molar-refractivity contribution in [3.63, 3.8) is 0 Å². The first-order chi connectivity index (χ1) is 3.46. The molecule has 0 aromatic heterocycles. The minimum Gasteiger partial charge on any atom is -0.412 e. The molecular weight excluding hydrogens is 204 g/mol. The van der Waals surface area contributed by atoms with Gasteiger partial charge < -0.3 is 15.9 Å². The summed E-state index contributed by atoms with van der Waals surface area (Å²) in [6, 6.07) is 0. The molecule has 0 fully saturated rings. The van der Waals surface area contributed by atoms with E-state index < -0.39 is 10.2 Å². The van der Waals surface area contributed by atoms with Gasteiger partial charge >= 0.3 is 0 Å². The fraction of sp³-hybridized carbons (Fsp3) is 0. The van der Waals surface area contributed by atoms with Gasteiger partial charge in [-0.25, -0.2) is 0 Å². The van der Waals surface area contributed by atoms with Crippen LogP contribution in [0, 0.1) is 20.2 Å². The van der Waals surface area contributed by atoms with E-state index in [1.54, 1.807) is 0 Å². The first-order valence-electron chi connectivity index (χ1n) is 1.13. The Hall–Kier alpha value is -1.12. The Kier molecular flexibility index (Phi) is 36.3. The van der Waals surface area contributed by atoms with E-state index in [1.807, 2.05) is 0 Å². The van der Waals surface area contributed by atoms with Gasteiger partial charge in [0.1, 0.15) is 0 Å². The Morgan fingerprint density at radius 2 is 1.00 bits per heavy atom. The van der Waals surface area contributed by atoms with Gasteiger partial charge in [-0.1, -0.05) is 0 Å². The molecule has 0 amide bonds. The molecule has 10 heteroatoms. The smallest absolute Gasteiger partial charge is 0.291 e. The molecule has 0 rings (SSSR count). The number of nitrogens with zero attached hydrogens (tertiary/aromatic N) is 2. The second kappa shape index (κ2) is 15.7. The molecule has 0 aliphatic heterocycles. The molecule has 1 radical (unpaired) electrons. The summed E-state index contributed by atoms with van der Waals surface area (Å²) in [5.41, 5.74) is 0. The van der Waals surface area contributed by atoms with Crippen molar-refractivity contribution in [2.75, 3.05) is 0 Å². The molecule has 0 saturated heterocycles. The van der Waals surface area contributed by atoms with Gasteiger partial charge in [-0.2, -0.15) is 0 Å². The summed E-state index contributed by atoms with van der Waals surface area (Å²) in [4.78, 5) is 16.7. The van der Waals surface area contributed by atoms with Crippen molar-refractivity contribution in [2.45, 2.75) is 0 Å². The van der Waals surface area contributed by atoms with Crippen LogP contribution in [0.5, 0.6) is 0 Å². The molecule has 0 aliphatic rings. The van der Waals surface area contributed by atoms with Gasteiger partial charge in [-0.15, -0.1) is 20.2 Å². The maximum absolute atomic E-state index is 8.36. The molecule has 67 valence electrons. The third-order valence-corrected chi connectivity index (χ3v) is 0. The van der Waals surface area contributed by atoms with Crippen LogP contribution in [0.25, 0.3) is 0 Å². The molecule has 10 heavy (non-hydrogen) atoms. The average Bonchev–Trinajstić information content (AvgIpc) is 1.25. The van der Waals surface area contributed by atoms with E-state index in [0.29, 0.717) is 0 Å². The van der Waals surface area contributed by atoms with E-state index in [-0.39, 0.29) is 22.5 Å². The van der Waals surface area contributed by atoms with Crippen molar-refractivity contribution in [3.8, 4) is 0 Å². The number of rotatable bonds is 0. The minimum atomic E-state index is -1.50. The van der Waals surface area contributed by atoms with Crippen LogP contribution in [0.3, 0.4) is 0 Å². The van der Waals surface area contributed by atoms with Gasteiger partial charge in [-0.3, -0.25) is 0 Å². The van der Waals surface area contributed by atoms with Gasteiger partial charge in [0.25, 0.3) is 10.2 Å². The molecule has 0 bridgehead atoms. The number of hydrogen-bond acceptors (Lipinski definition) is 4. The van der Waals surface area contributed by atoms with E-state index in [4.69, 9.17) is 30.6 Å². The normalized spacial score (nSPS) is 4.80. The van der Waals surface area contributed by atoms with Gasteiger partial charge in [-0.05, 0) is 0 Å². The van der Waals surface area contributed by atoms with E-state index in [9.17, 15) is 0 Å². The monoisotopic (exact) mass is 207 g/mol. The van der Waals surface area contributed by atoms with Gasteiger partial charge in [0.15, 0.2) is 0 Å². The van der Waals surface area contributed by atoms with E-state index in [2.05, 4.69) is 0 Å². The first-order valence-corrected chi connectivity index (χ1v) is 1.13. The molecule has 4 N–H and O–H groups in total. The third-order valence-electron chi connectivity index (χ3n) is 0. The summed E-state index contributed by atoms with van der Waals surface area (Å²) in [6.07, 6.45) is 0. The molecule has 0 atom stereocenters. The summed E-state index contributed by atoms with van der Waals surface area (Å²) in [5.74, 6) is 0. The fourth-order valence-corrected chi connectivity index (χ4v) is 0. The summed E-state index contributed by atoms with van der Waals surface area (Å²) in [5, 5.41) is 27.3. The van der Waals surface area contributed by atoms with Crippen molar-refractivity contribution in [1.82, 2.24) is 0 Å². The predicted molar refractivity (Wildman–Crippen MR) is 21.2 cm³/mol. The quantitative estimate of drug-likeness (QED) is 0.279. The SMILES string of the molecule is O.O=[N+]([O-])O.O=[N+]([O-])O.[Cu]. The molecular formula is H4CuN2O7. The Labute approximate surface area is 64.3 Å². The molecule has 0 heterocycles. The Bertz CT molecular complexity index is 69.6. The maximum Gasteiger partial charge on any atom is 0.291 e. The largest absolute Gasteiger partial charge is 0.412 e. The molecule has 0 unspecified atom stereocenters. The van der Waals surface area contributed by atoms with Crippen LogP contribution >= 0.6 is 0 Å². The van der Waals surface area contributed by atoms with Crippen LogP contribution in [-0.4, -0.2) is 26.1 Å². The maximum atomic E-state index is 8.36. The second-order valence-corrected chi connectivity index (χ2v) is 0.476. The molecule has 0 aromatic carbocycles. The Morgan fingerprint density at radius 1 is 1.00 bits per heavy atom. The van der Waals surface area contributed by atoms with Crippen LogP contribution in [0.1, 0.15) is 0 Å². The zero-order chi connectivity index (χ0) is 7.15. The van der Waals surface area contributed by atoms with Crippen molar-refractivity contribution >= 4 is 0 Å². The zero-order valence-corrected chi connectivity index (χ0v) is 5.17. The molecule has 0 aliphatic carbocycles.